The molecule has 3 aromatic rings. The van der Waals surface area contributed by atoms with Gasteiger partial charge < -0.3 is 5.32 Å². The first-order chi connectivity index (χ1) is 11.2. The Morgan fingerprint density at radius 3 is 2.96 bits per heavy atom. The molecule has 0 unspecified atom stereocenters. The van der Waals surface area contributed by atoms with Crippen molar-refractivity contribution in [1.82, 2.24) is 25.1 Å². The molecule has 0 atom stereocenters. The maximum atomic E-state index is 13.5. The van der Waals surface area contributed by atoms with Gasteiger partial charge >= 0.3 is 0 Å². The molecule has 1 N–H and O–H groups in total. The van der Waals surface area contributed by atoms with Gasteiger partial charge in [-0.25, -0.2) is 4.39 Å². The summed E-state index contributed by atoms with van der Waals surface area (Å²) in [4.78, 5) is 12.7. The molecule has 1 aromatic carbocycles. The number of hydrogen-bond donors (Lipinski definition) is 1. The first kappa shape index (κ1) is 14.3. The first-order valence-electron chi connectivity index (χ1n) is 7.46. The van der Waals surface area contributed by atoms with E-state index in [4.69, 9.17) is 0 Å². The Morgan fingerprint density at radius 1 is 1.35 bits per heavy atom. The lowest BCUT2D eigenvalue weighted by atomic mass is 10.2. The average molecular weight is 331 g/mol. The average Bonchev–Trinajstić information content (AvgIpc) is 3.18. The summed E-state index contributed by atoms with van der Waals surface area (Å²) >= 11 is 1.47. The number of nitrogens with one attached hydrogen (secondary N) is 1. The lowest BCUT2D eigenvalue weighted by Gasteiger charge is -2.04. The Bertz CT molecular complexity index is 870. The number of rotatable bonds is 5. The monoisotopic (exact) mass is 331 g/mol. The van der Waals surface area contributed by atoms with Crippen molar-refractivity contribution in [3.63, 3.8) is 0 Å². The van der Waals surface area contributed by atoms with E-state index in [0.717, 1.165) is 28.6 Å². The lowest BCUT2D eigenvalue weighted by molar-refractivity contribution is 0.0950. The number of aromatic nitrogens is 4. The molecule has 0 spiro atoms. The van der Waals surface area contributed by atoms with Crippen molar-refractivity contribution in [2.45, 2.75) is 25.2 Å². The van der Waals surface area contributed by atoms with Crippen LogP contribution in [0.1, 0.15) is 39.9 Å². The zero-order valence-electron chi connectivity index (χ0n) is 12.2. The molecule has 2 heterocycles. The van der Waals surface area contributed by atoms with E-state index in [9.17, 15) is 9.18 Å². The van der Waals surface area contributed by atoms with Gasteiger partial charge in [0.25, 0.3) is 5.91 Å². The highest BCUT2D eigenvalue weighted by Gasteiger charge is 2.29. The molecule has 2 aromatic heterocycles. The van der Waals surface area contributed by atoms with E-state index in [2.05, 4.69) is 20.6 Å². The van der Waals surface area contributed by atoms with Crippen molar-refractivity contribution in [2.24, 2.45) is 0 Å². The first-order valence-corrected chi connectivity index (χ1v) is 8.28. The van der Waals surface area contributed by atoms with E-state index < -0.39 is 11.7 Å². The Morgan fingerprint density at radius 2 is 2.17 bits per heavy atom. The molecule has 8 heteroatoms. The predicted molar refractivity (Wildman–Crippen MR) is 83.1 cm³/mol. The SMILES string of the molecule is O=C(NCCc1nn2c(C3CC3)nnc2s1)c1ccccc1F. The Balaban J connectivity index is 1.39. The fourth-order valence-electron chi connectivity index (χ4n) is 2.39. The van der Waals surface area contributed by atoms with Gasteiger partial charge in [-0.1, -0.05) is 23.5 Å². The predicted octanol–water partition coefficient (Wildman–Crippen LogP) is 2.17. The van der Waals surface area contributed by atoms with Gasteiger partial charge in [0.1, 0.15) is 10.8 Å². The summed E-state index contributed by atoms with van der Waals surface area (Å²) in [5, 5.41) is 16.4. The van der Waals surface area contributed by atoms with Crippen LogP contribution in [0.4, 0.5) is 4.39 Å². The summed E-state index contributed by atoms with van der Waals surface area (Å²) in [6.45, 7) is 0.399. The van der Waals surface area contributed by atoms with Crippen LogP contribution in [0.5, 0.6) is 0 Å². The van der Waals surface area contributed by atoms with Crippen molar-refractivity contribution >= 4 is 22.2 Å². The van der Waals surface area contributed by atoms with Gasteiger partial charge in [-0.15, -0.1) is 10.2 Å². The summed E-state index contributed by atoms with van der Waals surface area (Å²) in [6, 6.07) is 5.94. The van der Waals surface area contributed by atoms with E-state index in [0.29, 0.717) is 18.9 Å². The normalized spacial score (nSPS) is 14.3. The minimum absolute atomic E-state index is 0.0571. The van der Waals surface area contributed by atoms with Crippen LogP contribution in [0, 0.1) is 5.82 Å². The molecular formula is C15H14FN5OS. The number of nitrogens with zero attached hydrogens (tertiary/aromatic N) is 4. The molecule has 1 amide bonds. The topological polar surface area (TPSA) is 72.2 Å². The molecule has 23 heavy (non-hydrogen) atoms. The fourth-order valence-corrected chi connectivity index (χ4v) is 3.23. The van der Waals surface area contributed by atoms with Crippen LogP contribution in [0.3, 0.4) is 0 Å². The van der Waals surface area contributed by atoms with E-state index in [1.54, 1.807) is 16.6 Å². The van der Waals surface area contributed by atoms with Crippen LogP contribution in [0.2, 0.25) is 0 Å². The Kier molecular flexibility index (Phi) is 3.53. The van der Waals surface area contributed by atoms with Gasteiger partial charge in [0.05, 0.1) is 5.56 Å². The molecule has 1 aliphatic rings. The molecule has 1 aliphatic carbocycles. The molecule has 4 rings (SSSR count). The third-order valence-electron chi connectivity index (χ3n) is 3.74. The quantitative estimate of drug-likeness (QED) is 0.778. The van der Waals surface area contributed by atoms with Gasteiger partial charge in [0, 0.05) is 18.9 Å². The molecule has 0 aliphatic heterocycles. The molecule has 0 bridgehead atoms. The van der Waals surface area contributed by atoms with Crippen molar-refractivity contribution in [3.8, 4) is 0 Å². The summed E-state index contributed by atoms with van der Waals surface area (Å²) in [5.74, 6) is 0.487. The Hall–Kier alpha value is -2.35. The Labute approximate surface area is 135 Å². The van der Waals surface area contributed by atoms with Crippen LogP contribution in [0.25, 0.3) is 4.96 Å². The minimum Gasteiger partial charge on any atom is -0.352 e. The number of carbonyl (C=O) groups excluding carboxylic acids is 1. The highest BCUT2D eigenvalue weighted by Crippen LogP contribution is 2.39. The van der Waals surface area contributed by atoms with Crippen molar-refractivity contribution < 1.29 is 9.18 Å². The standard InChI is InChI=1S/C15H14FN5OS/c16-11-4-2-1-3-10(11)14(22)17-8-7-12-20-21-13(9-5-6-9)18-19-15(21)23-12/h1-4,9H,5-8H2,(H,17,22). The number of halogens is 1. The number of fused-ring (bicyclic) bond motifs is 1. The summed E-state index contributed by atoms with van der Waals surface area (Å²) < 4.78 is 15.3. The van der Waals surface area contributed by atoms with Crippen molar-refractivity contribution in [1.29, 1.82) is 0 Å². The van der Waals surface area contributed by atoms with Crippen LogP contribution >= 0.6 is 11.3 Å². The molecule has 0 radical (unpaired) electrons. The van der Waals surface area contributed by atoms with Crippen LogP contribution in [0.15, 0.2) is 24.3 Å². The van der Waals surface area contributed by atoms with Crippen LogP contribution in [-0.2, 0) is 6.42 Å². The number of carbonyl (C=O) groups is 1. The number of benzene rings is 1. The summed E-state index contributed by atoms with van der Waals surface area (Å²) in [7, 11) is 0. The fraction of sp³-hybridized carbons (Fsp3) is 0.333. The second kappa shape index (κ2) is 5.69. The highest BCUT2D eigenvalue weighted by molar-refractivity contribution is 7.16. The molecular weight excluding hydrogens is 317 g/mol. The van der Waals surface area contributed by atoms with Crippen molar-refractivity contribution in [2.75, 3.05) is 6.54 Å². The zero-order chi connectivity index (χ0) is 15.8. The van der Waals surface area contributed by atoms with Gasteiger partial charge in [-0.2, -0.15) is 9.61 Å². The number of hydrogen-bond acceptors (Lipinski definition) is 5. The molecule has 0 saturated heterocycles. The van der Waals surface area contributed by atoms with Gasteiger partial charge in [-0.3, -0.25) is 4.79 Å². The number of amides is 1. The summed E-state index contributed by atoms with van der Waals surface area (Å²) in [5.41, 5.74) is 0.0571. The molecule has 6 nitrogen and oxygen atoms in total. The maximum Gasteiger partial charge on any atom is 0.254 e. The lowest BCUT2D eigenvalue weighted by Crippen LogP contribution is -2.26. The van der Waals surface area contributed by atoms with Gasteiger partial charge in [0.15, 0.2) is 5.82 Å². The van der Waals surface area contributed by atoms with Crippen LogP contribution in [-0.4, -0.2) is 32.3 Å². The van der Waals surface area contributed by atoms with E-state index in [1.165, 1.54) is 23.5 Å². The second-order valence-corrected chi connectivity index (χ2v) is 6.55. The smallest absolute Gasteiger partial charge is 0.254 e. The van der Waals surface area contributed by atoms with E-state index in [1.807, 2.05) is 0 Å². The molecule has 118 valence electrons. The zero-order valence-corrected chi connectivity index (χ0v) is 13.0. The molecule has 1 fully saturated rings. The third-order valence-corrected chi connectivity index (χ3v) is 4.70. The van der Waals surface area contributed by atoms with Crippen molar-refractivity contribution in [3.05, 3.63) is 46.5 Å². The molecule has 1 saturated carbocycles. The van der Waals surface area contributed by atoms with E-state index >= 15 is 0 Å². The van der Waals surface area contributed by atoms with Gasteiger partial charge in [0.2, 0.25) is 4.96 Å². The summed E-state index contributed by atoms with van der Waals surface area (Å²) in [6.07, 6.45) is 2.87. The minimum atomic E-state index is -0.516. The van der Waals surface area contributed by atoms with Crippen LogP contribution < -0.4 is 5.32 Å². The van der Waals surface area contributed by atoms with E-state index in [-0.39, 0.29) is 5.56 Å². The third kappa shape index (κ3) is 2.81. The second-order valence-electron chi connectivity index (χ2n) is 5.51. The largest absolute Gasteiger partial charge is 0.352 e. The van der Waals surface area contributed by atoms with Gasteiger partial charge in [-0.05, 0) is 25.0 Å². The highest BCUT2D eigenvalue weighted by atomic mass is 32.1. The maximum absolute atomic E-state index is 13.5.